The SMILES string of the molecule is CCc1ccc(CC(=O)C2(OC)CCC2)cc1. The van der Waals surface area contributed by atoms with E-state index in [-0.39, 0.29) is 5.78 Å². The molecule has 0 bridgehead atoms. The van der Waals surface area contributed by atoms with E-state index in [2.05, 4.69) is 31.2 Å². The second-order valence-electron chi connectivity index (χ2n) is 4.82. The monoisotopic (exact) mass is 232 g/mol. The highest BCUT2D eigenvalue weighted by Gasteiger charge is 2.43. The van der Waals surface area contributed by atoms with Crippen LogP contribution in [-0.4, -0.2) is 18.5 Å². The summed E-state index contributed by atoms with van der Waals surface area (Å²) in [7, 11) is 1.65. The summed E-state index contributed by atoms with van der Waals surface area (Å²) in [4.78, 5) is 12.2. The van der Waals surface area contributed by atoms with Gasteiger partial charge in [-0.15, -0.1) is 0 Å². The Balaban J connectivity index is 2.02. The molecule has 0 amide bonds. The summed E-state index contributed by atoms with van der Waals surface area (Å²) in [5.74, 6) is 0.232. The van der Waals surface area contributed by atoms with Gasteiger partial charge in [0.25, 0.3) is 0 Å². The van der Waals surface area contributed by atoms with Gasteiger partial charge in [0.15, 0.2) is 5.78 Å². The zero-order valence-electron chi connectivity index (χ0n) is 10.7. The van der Waals surface area contributed by atoms with Crippen molar-refractivity contribution in [3.05, 3.63) is 35.4 Å². The third kappa shape index (κ3) is 2.42. The molecule has 0 N–H and O–H groups in total. The minimum atomic E-state index is -0.469. The molecule has 1 saturated carbocycles. The number of aryl methyl sites for hydroxylation is 1. The number of ether oxygens (including phenoxy) is 1. The predicted molar refractivity (Wildman–Crippen MR) is 68.1 cm³/mol. The Morgan fingerprint density at radius 1 is 1.24 bits per heavy atom. The van der Waals surface area contributed by atoms with E-state index < -0.39 is 5.60 Å². The number of hydrogen-bond acceptors (Lipinski definition) is 2. The smallest absolute Gasteiger partial charge is 0.168 e. The lowest BCUT2D eigenvalue weighted by Crippen LogP contribution is -2.47. The standard InChI is InChI=1S/C15H20O2/c1-3-12-5-7-13(8-6-12)11-14(16)15(17-2)9-4-10-15/h5-8H,3-4,9-11H2,1-2H3. The number of methoxy groups -OCH3 is 1. The molecule has 0 atom stereocenters. The number of Topliss-reactive ketones (excluding diaryl/α,β-unsaturated/α-hetero) is 1. The summed E-state index contributed by atoms with van der Waals surface area (Å²) in [6.45, 7) is 2.13. The molecule has 0 radical (unpaired) electrons. The molecule has 2 heteroatoms. The van der Waals surface area contributed by atoms with Crippen LogP contribution in [-0.2, 0) is 22.4 Å². The molecule has 2 nitrogen and oxygen atoms in total. The predicted octanol–water partition coefficient (Wildman–Crippen LogP) is 2.93. The molecule has 0 spiro atoms. The second kappa shape index (κ2) is 5.01. The van der Waals surface area contributed by atoms with Gasteiger partial charge in [-0.3, -0.25) is 4.79 Å². The van der Waals surface area contributed by atoms with Crippen molar-refractivity contribution in [1.82, 2.24) is 0 Å². The fraction of sp³-hybridized carbons (Fsp3) is 0.533. The molecule has 1 aromatic rings. The number of carbonyl (C=O) groups excluding carboxylic acids is 1. The van der Waals surface area contributed by atoms with Crippen LogP contribution in [0.25, 0.3) is 0 Å². The Kier molecular flexibility index (Phi) is 3.63. The topological polar surface area (TPSA) is 26.3 Å². The van der Waals surface area contributed by atoms with Crippen LogP contribution >= 0.6 is 0 Å². The Bertz CT molecular complexity index is 382. The highest BCUT2D eigenvalue weighted by Crippen LogP contribution is 2.36. The van der Waals surface area contributed by atoms with Crippen LogP contribution in [0.15, 0.2) is 24.3 Å². The lowest BCUT2D eigenvalue weighted by molar-refractivity contribution is -0.151. The number of ketones is 1. The molecule has 1 fully saturated rings. The quantitative estimate of drug-likeness (QED) is 0.780. The minimum absolute atomic E-state index is 0.232. The number of rotatable bonds is 5. The number of carbonyl (C=O) groups is 1. The summed E-state index contributed by atoms with van der Waals surface area (Å²) in [5.41, 5.74) is 1.94. The maximum absolute atomic E-state index is 12.2. The lowest BCUT2D eigenvalue weighted by Gasteiger charge is -2.38. The molecule has 0 aromatic heterocycles. The van der Waals surface area contributed by atoms with Gasteiger partial charge in [0.05, 0.1) is 0 Å². The van der Waals surface area contributed by atoms with Crippen molar-refractivity contribution in [1.29, 1.82) is 0 Å². The summed E-state index contributed by atoms with van der Waals surface area (Å²) < 4.78 is 5.40. The molecule has 1 aromatic carbocycles. The summed E-state index contributed by atoms with van der Waals surface area (Å²) >= 11 is 0. The summed E-state index contributed by atoms with van der Waals surface area (Å²) in [6.07, 6.45) is 4.41. The van der Waals surface area contributed by atoms with Crippen LogP contribution in [0.5, 0.6) is 0 Å². The molecule has 0 aliphatic heterocycles. The first kappa shape index (κ1) is 12.3. The Morgan fingerprint density at radius 3 is 2.24 bits per heavy atom. The molecule has 2 rings (SSSR count). The maximum atomic E-state index is 12.2. The molecule has 1 aliphatic rings. The Morgan fingerprint density at radius 2 is 1.82 bits per heavy atom. The van der Waals surface area contributed by atoms with E-state index in [4.69, 9.17) is 4.74 Å². The second-order valence-corrected chi connectivity index (χ2v) is 4.82. The first-order chi connectivity index (χ1) is 8.20. The van der Waals surface area contributed by atoms with E-state index in [0.717, 1.165) is 31.2 Å². The highest BCUT2D eigenvalue weighted by molar-refractivity contribution is 5.90. The molecular formula is C15H20O2. The first-order valence-corrected chi connectivity index (χ1v) is 6.36. The third-order valence-electron chi connectivity index (χ3n) is 3.86. The largest absolute Gasteiger partial charge is 0.370 e. The van der Waals surface area contributed by atoms with Crippen molar-refractivity contribution in [2.45, 2.75) is 44.6 Å². The number of benzene rings is 1. The van der Waals surface area contributed by atoms with E-state index in [0.29, 0.717) is 6.42 Å². The van der Waals surface area contributed by atoms with Crippen LogP contribution in [0.1, 0.15) is 37.3 Å². The highest BCUT2D eigenvalue weighted by atomic mass is 16.5. The van der Waals surface area contributed by atoms with E-state index in [9.17, 15) is 4.79 Å². The molecule has 92 valence electrons. The lowest BCUT2D eigenvalue weighted by atomic mass is 9.75. The van der Waals surface area contributed by atoms with E-state index in [1.54, 1.807) is 7.11 Å². The van der Waals surface area contributed by atoms with Crippen LogP contribution in [0.2, 0.25) is 0 Å². The van der Waals surface area contributed by atoms with Crippen molar-refractivity contribution in [3.63, 3.8) is 0 Å². The molecule has 17 heavy (non-hydrogen) atoms. The average molecular weight is 232 g/mol. The van der Waals surface area contributed by atoms with Crippen molar-refractivity contribution in [2.24, 2.45) is 0 Å². The van der Waals surface area contributed by atoms with Gasteiger partial charge >= 0.3 is 0 Å². The fourth-order valence-corrected chi connectivity index (χ4v) is 2.33. The van der Waals surface area contributed by atoms with Gasteiger partial charge in [0, 0.05) is 13.5 Å². The Hall–Kier alpha value is -1.15. The van der Waals surface area contributed by atoms with Gasteiger partial charge in [-0.2, -0.15) is 0 Å². The molecule has 0 unspecified atom stereocenters. The van der Waals surface area contributed by atoms with Gasteiger partial charge in [-0.1, -0.05) is 31.2 Å². The zero-order valence-corrected chi connectivity index (χ0v) is 10.7. The van der Waals surface area contributed by atoms with E-state index in [1.807, 2.05) is 0 Å². The molecule has 0 saturated heterocycles. The van der Waals surface area contributed by atoms with Crippen molar-refractivity contribution in [3.8, 4) is 0 Å². The van der Waals surface area contributed by atoms with Crippen LogP contribution in [0.4, 0.5) is 0 Å². The van der Waals surface area contributed by atoms with Crippen LogP contribution < -0.4 is 0 Å². The van der Waals surface area contributed by atoms with Gasteiger partial charge < -0.3 is 4.74 Å². The molecule has 0 heterocycles. The molecular weight excluding hydrogens is 212 g/mol. The van der Waals surface area contributed by atoms with Gasteiger partial charge in [0.1, 0.15) is 5.60 Å². The third-order valence-corrected chi connectivity index (χ3v) is 3.86. The summed E-state index contributed by atoms with van der Waals surface area (Å²) in [6, 6.07) is 8.31. The summed E-state index contributed by atoms with van der Waals surface area (Å²) in [5, 5.41) is 0. The maximum Gasteiger partial charge on any atom is 0.168 e. The average Bonchev–Trinajstić information content (AvgIpc) is 2.29. The van der Waals surface area contributed by atoms with Gasteiger partial charge in [-0.05, 0) is 36.8 Å². The van der Waals surface area contributed by atoms with E-state index >= 15 is 0 Å². The van der Waals surface area contributed by atoms with Crippen LogP contribution in [0.3, 0.4) is 0 Å². The molecule has 1 aliphatic carbocycles. The zero-order chi connectivity index (χ0) is 12.3. The van der Waals surface area contributed by atoms with Crippen molar-refractivity contribution >= 4 is 5.78 Å². The van der Waals surface area contributed by atoms with Gasteiger partial charge in [0.2, 0.25) is 0 Å². The van der Waals surface area contributed by atoms with Crippen molar-refractivity contribution < 1.29 is 9.53 Å². The minimum Gasteiger partial charge on any atom is -0.370 e. The van der Waals surface area contributed by atoms with Crippen LogP contribution in [0, 0.1) is 0 Å². The number of hydrogen-bond donors (Lipinski definition) is 0. The van der Waals surface area contributed by atoms with Crippen molar-refractivity contribution in [2.75, 3.05) is 7.11 Å². The Labute approximate surface area is 103 Å². The normalized spacial score (nSPS) is 17.5. The fourth-order valence-electron chi connectivity index (χ4n) is 2.33. The first-order valence-electron chi connectivity index (χ1n) is 6.36. The van der Waals surface area contributed by atoms with E-state index in [1.165, 1.54) is 5.56 Å². The van der Waals surface area contributed by atoms with Gasteiger partial charge in [-0.25, -0.2) is 0 Å².